The Morgan fingerprint density at radius 3 is 2.07 bits per heavy atom. The van der Waals surface area contributed by atoms with E-state index in [4.69, 9.17) is 14.2 Å². The highest BCUT2D eigenvalue weighted by Gasteiger charge is 2.43. The summed E-state index contributed by atoms with van der Waals surface area (Å²) >= 11 is 0. The van der Waals surface area contributed by atoms with Crippen LogP contribution in [0.5, 0.6) is 11.5 Å². The minimum atomic E-state index is -1.02. The average molecular weight is 577 g/mol. The van der Waals surface area contributed by atoms with Gasteiger partial charge in [0, 0.05) is 12.1 Å². The summed E-state index contributed by atoms with van der Waals surface area (Å²) in [4.78, 5) is 26.3. The highest BCUT2D eigenvalue weighted by Crippen LogP contribution is 2.44. The fraction of sp³-hybridized carbons (Fsp3) is 0.364. The first kappa shape index (κ1) is 30.7. The molecule has 4 rings (SSSR count). The van der Waals surface area contributed by atoms with Gasteiger partial charge >= 0.3 is 5.97 Å². The van der Waals surface area contributed by atoms with Gasteiger partial charge in [0.2, 0.25) is 0 Å². The predicted octanol–water partition coefficient (Wildman–Crippen LogP) is 5.71. The van der Waals surface area contributed by atoms with Crippen molar-refractivity contribution >= 4 is 11.8 Å². The molecule has 0 saturated carbocycles. The zero-order valence-electron chi connectivity index (χ0n) is 23.8. The summed E-state index contributed by atoms with van der Waals surface area (Å²) in [5, 5.41) is 10.5. The zero-order chi connectivity index (χ0) is 30.1. The molecule has 0 unspecified atom stereocenters. The molecule has 0 aliphatic carbocycles. The quantitative estimate of drug-likeness (QED) is 0.118. The van der Waals surface area contributed by atoms with Gasteiger partial charge in [0.1, 0.15) is 17.0 Å². The number of Topliss-reactive ketones (excluding diaryl/α,β-unsaturated/α-hetero) is 1. The van der Waals surface area contributed by atoms with Gasteiger partial charge < -0.3 is 19.1 Å². The number of benzene rings is 3. The molecule has 42 heavy (non-hydrogen) atoms. The number of hydrogen-bond donors (Lipinski definition) is 0. The lowest BCUT2D eigenvalue weighted by molar-refractivity contribution is -0.137. The van der Waals surface area contributed by atoms with Gasteiger partial charge in [-0.2, -0.15) is 5.26 Å². The Morgan fingerprint density at radius 2 is 1.55 bits per heavy atom. The second kappa shape index (κ2) is 14.1. The summed E-state index contributed by atoms with van der Waals surface area (Å²) in [6, 6.07) is 19.2. The van der Waals surface area contributed by atoms with Crippen LogP contribution in [0.2, 0.25) is 0 Å². The number of methoxy groups -OCH3 is 1. The Labute approximate surface area is 244 Å². The molecule has 0 amide bonds. The van der Waals surface area contributed by atoms with Crippen LogP contribution in [0.3, 0.4) is 0 Å². The molecule has 220 valence electrons. The molecule has 3 aromatic rings. The van der Waals surface area contributed by atoms with Crippen LogP contribution in [0, 0.1) is 28.9 Å². The molecule has 0 radical (unpaired) electrons. The number of piperidine rings is 1. The SMILES string of the molecule is CCOC(=O)C(=O)c1ccc(OCCCN2CCC(C(C#N)(c3ccc(F)cc3)c3ccc(F)cc3)CC2)c(OC)c1. The van der Waals surface area contributed by atoms with Gasteiger partial charge in [0.05, 0.1) is 26.4 Å². The van der Waals surface area contributed by atoms with Crippen LogP contribution in [0.4, 0.5) is 8.78 Å². The number of esters is 1. The van der Waals surface area contributed by atoms with Crippen molar-refractivity contribution in [3.63, 3.8) is 0 Å². The average Bonchev–Trinajstić information content (AvgIpc) is 3.02. The lowest BCUT2D eigenvalue weighted by atomic mass is 9.63. The first-order chi connectivity index (χ1) is 20.3. The molecule has 1 aliphatic heterocycles. The van der Waals surface area contributed by atoms with Crippen molar-refractivity contribution in [2.24, 2.45) is 5.92 Å². The first-order valence-corrected chi connectivity index (χ1v) is 14.0. The molecule has 0 atom stereocenters. The van der Waals surface area contributed by atoms with E-state index in [9.17, 15) is 23.6 Å². The summed E-state index contributed by atoms with van der Waals surface area (Å²) in [6.07, 6.45) is 2.22. The molecule has 0 N–H and O–H groups in total. The molecule has 3 aromatic carbocycles. The Morgan fingerprint density at radius 1 is 0.952 bits per heavy atom. The number of likely N-dealkylation sites (tertiary alicyclic amines) is 1. The van der Waals surface area contributed by atoms with E-state index in [0.717, 1.165) is 38.9 Å². The Kier molecular flexibility index (Phi) is 10.3. The normalized spacial score (nSPS) is 14.2. The van der Waals surface area contributed by atoms with Gasteiger partial charge in [-0.3, -0.25) is 4.79 Å². The van der Waals surface area contributed by atoms with Crippen molar-refractivity contribution in [2.75, 3.05) is 40.0 Å². The number of halogens is 2. The maximum absolute atomic E-state index is 13.7. The van der Waals surface area contributed by atoms with Crippen LogP contribution in [-0.4, -0.2) is 56.6 Å². The Hall–Kier alpha value is -4.29. The monoisotopic (exact) mass is 576 g/mol. The molecule has 0 bridgehead atoms. The largest absolute Gasteiger partial charge is 0.493 e. The topological polar surface area (TPSA) is 88.9 Å². The van der Waals surface area contributed by atoms with Crippen molar-refractivity contribution in [1.29, 1.82) is 5.26 Å². The number of carbonyl (C=O) groups excluding carboxylic acids is 2. The lowest BCUT2D eigenvalue weighted by Crippen LogP contribution is -2.44. The standard InChI is InChI=1S/C33H34F2N2O5/c1-3-41-32(39)31(38)23-5-14-29(30(21-23)40-2)42-20-4-17-37-18-15-26(16-19-37)33(22-36,24-6-10-27(34)11-7-24)25-8-12-28(35)13-9-25/h5-14,21,26H,3-4,15-20H2,1-2H3. The summed E-state index contributed by atoms with van der Waals surface area (Å²) in [5.41, 5.74) is 0.548. The fourth-order valence-corrected chi connectivity index (χ4v) is 5.59. The molecular weight excluding hydrogens is 542 g/mol. The minimum absolute atomic E-state index is 0.0361. The molecule has 1 heterocycles. The molecule has 9 heteroatoms. The van der Waals surface area contributed by atoms with E-state index in [1.54, 1.807) is 37.3 Å². The maximum atomic E-state index is 13.7. The molecule has 0 aromatic heterocycles. The van der Waals surface area contributed by atoms with Crippen LogP contribution in [0.25, 0.3) is 0 Å². The van der Waals surface area contributed by atoms with Crippen LogP contribution < -0.4 is 9.47 Å². The second-order valence-corrected chi connectivity index (χ2v) is 10.2. The van der Waals surface area contributed by atoms with Gasteiger partial charge in [-0.15, -0.1) is 0 Å². The third-order valence-electron chi connectivity index (χ3n) is 7.74. The van der Waals surface area contributed by atoms with Crippen molar-refractivity contribution in [3.05, 3.63) is 95.1 Å². The van der Waals surface area contributed by atoms with Gasteiger partial charge in [-0.1, -0.05) is 24.3 Å². The number of ketones is 1. The van der Waals surface area contributed by atoms with Gasteiger partial charge in [-0.25, -0.2) is 13.6 Å². The van der Waals surface area contributed by atoms with E-state index in [2.05, 4.69) is 11.0 Å². The molecule has 0 spiro atoms. The minimum Gasteiger partial charge on any atom is -0.493 e. The van der Waals surface area contributed by atoms with Crippen LogP contribution >= 0.6 is 0 Å². The molecule has 1 aliphatic rings. The number of rotatable bonds is 12. The van der Waals surface area contributed by atoms with Crippen LogP contribution in [0.15, 0.2) is 66.7 Å². The molecule has 7 nitrogen and oxygen atoms in total. The summed E-state index contributed by atoms with van der Waals surface area (Å²) in [5.74, 6) is -1.63. The number of carbonyl (C=O) groups is 2. The number of nitrogens with zero attached hydrogens (tertiary/aromatic N) is 2. The van der Waals surface area contributed by atoms with Gasteiger partial charge in [-0.05, 0) is 98.8 Å². The summed E-state index contributed by atoms with van der Waals surface area (Å²) < 4.78 is 43.5. The van der Waals surface area contributed by atoms with E-state index >= 15 is 0 Å². The van der Waals surface area contributed by atoms with E-state index < -0.39 is 17.2 Å². The number of nitriles is 1. The van der Waals surface area contributed by atoms with E-state index in [1.807, 2.05) is 0 Å². The van der Waals surface area contributed by atoms with Crippen molar-refractivity contribution in [1.82, 2.24) is 4.90 Å². The molecule has 1 fully saturated rings. The fourth-order valence-electron chi connectivity index (χ4n) is 5.59. The molecular formula is C33H34F2N2O5. The second-order valence-electron chi connectivity index (χ2n) is 10.2. The first-order valence-electron chi connectivity index (χ1n) is 14.0. The smallest absolute Gasteiger partial charge is 0.379 e. The zero-order valence-corrected chi connectivity index (χ0v) is 23.8. The van der Waals surface area contributed by atoms with E-state index in [-0.39, 0.29) is 29.7 Å². The Balaban J connectivity index is 1.35. The van der Waals surface area contributed by atoms with Crippen molar-refractivity contribution in [3.8, 4) is 17.6 Å². The van der Waals surface area contributed by atoms with Crippen LogP contribution in [-0.2, 0) is 14.9 Å². The number of hydrogen-bond acceptors (Lipinski definition) is 7. The van der Waals surface area contributed by atoms with Gasteiger partial charge in [0.25, 0.3) is 5.78 Å². The lowest BCUT2D eigenvalue weighted by Gasteiger charge is -2.41. The van der Waals surface area contributed by atoms with Crippen molar-refractivity contribution < 1.29 is 32.6 Å². The van der Waals surface area contributed by atoms with Crippen LogP contribution in [0.1, 0.15) is 47.7 Å². The van der Waals surface area contributed by atoms with Gasteiger partial charge in [0.15, 0.2) is 11.5 Å². The summed E-state index contributed by atoms with van der Waals surface area (Å²) in [6.45, 7) is 4.47. The highest BCUT2D eigenvalue weighted by atomic mass is 19.1. The third-order valence-corrected chi connectivity index (χ3v) is 7.74. The summed E-state index contributed by atoms with van der Waals surface area (Å²) in [7, 11) is 1.46. The van der Waals surface area contributed by atoms with Crippen molar-refractivity contribution in [2.45, 2.75) is 31.6 Å². The predicted molar refractivity (Wildman–Crippen MR) is 152 cm³/mol. The molecule has 1 saturated heterocycles. The highest BCUT2D eigenvalue weighted by molar-refractivity contribution is 6.40. The van der Waals surface area contributed by atoms with E-state index in [1.165, 1.54) is 43.5 Å². The third kappa shape index (κ3) is 6.77. The Bertz CT molecular complexity index is 1370. The maximum Gasteiger partial charge on any atom is 0.379 e. The van der Waals surface area contributed by atoms with E-state index in [0.29, 0.717) is 29.2 Å². The number of ether oxygens (including phenoxy) is 3.